The van der Waals surface area contributed by atoms with Crippen molar-refractivity contribution in [2.45, 2.75) is 13.0 Å². The van der Waals surface area contributed by atoms with Gasteiger partial charge < -0.3 is 10.2 Å². The van der Waals surface area contributed by atoms with Gasteiger partial charge in [0.15, 0.2) is 0 Å². The second-order valence-corrected chi connectivity index (χ2v) is 5.32. The zero-order valence-corrected chi connectivity index (χ0v) is 12.0. The Morgan fingerprint density at radius 2 is 2.11 bits per heavy atom. The summed E-state index contributed by atoms with van der Waals surface area (Å²) in [5.74, 6) is 1.02. The van der Waals surface area contributed by atoms with Crippen molar-refractivity contribution < 1.29 is 0 Å². The Labute approximate surface area is 115 Å². The number of thiophene rings is 1. The maximum Gasteiger partial charge on any atom is 0.230 e. The first-order valence-electron chi connectivity index (χ1n) is 5.45. The van der Waals surface area contributed by atoms with Gasteiger partial charge in [-0.25, -0.2) is 0 Å². The van der Waals surface area contributed by atoms with Gasteiger partial charge in [0.2, 0.25) is 17.2 Å². The number of hydrogen-bond acceptors (Lipinski definition) is 6. The molecule has 0 saturated carbocycles. The molecule has 1 atom stereocenters. The first-order chi connectivity index (χ1) is 8.56. The maximum atomic E-state index is 5.88. The quantitative estimate of drug-likeness (QED) is 0.935. The van der Waals surface area contributed by atoms with Gasteiger partial charge in [0.1, 0.15) is 0 Å². The number of nitrogens with zero attached hydrogens (tertiary/aromatic N) is 4. The Morgan fingerprint density at radius 1 is 1.33 bits per heavy atom. The molecule has 0 saturated heterocycles. The van der Waals surface area contributed by atoms with Crippen LogP contribution in [0.1, 0.15) is 17.8 Å². The molecule has 0 spiro atoms. The molecule has 0 aliphatic rings. The van der Waals surface area contributed by atoms with E-state index in [9.17, 15) is 0 Å². The van der Waals surface area contributed by atoms with Crippen LogP contribution in [0.4, 0.5) is 11.9 Å². The third-order valence-corrected chi connectivity index (χ3v) is 3.54. The first-order valence-corrected chi connectivity index (χ1v) is 6.71. The van der Waals surface area contributed by atoms with Crippen LogP contribution in [0.5, 0.6) is 0 Å². The van der Waals surface area contributed by atoms with E-state index < -0.39 is 0 Å². The van der Waals surface area contributed by atoms with Crippen LogP contribution in [0.2, 0.25) is 5.28 Å². The van der Waals surface area contributed by atoms with Gasteiger partial charge in [-0.2, -0.15) is 15.0 Å². The summed E-state index contributed by atoms with van der Waals surface area (Å²) in [5, 5.41) is 5.45. The van der Waals surface area contributed by atoms with Crippen LogP contribution in [0.15, 0.2) is 17.5 Å². The molecule has 2 heterocycles. The van der Waals surface area contributed by atoms with Crippen molar-refractivity contribution in [3.05, 3.63) is 27.7 Å². The van der Waals surface area contributed by atoms with E-state index in [1.165, 1.54) is 4.88 Å². The zero-order chi connectivity index (χ0) is 13.1. The van der Waals surface area contributed by atoms with E-state index in [2.05, 4.69) is 33.3 Å². The molecule has 2 aromatic heterocycles. The average Bonchev–Trinajstić information content (AvgIpc) is 2.81. The molecule has 1 N–H and O–H groups in total. The number of nitrogens with one attached hydrogen (secondary N) is 1. The number of rotatable bonds is 4. The molecule has 96 valence electrons. The second-order valence-electron chi connectivity index (χ2n) is 4.00. The van der Waals surface area contributed by atoms with E-state index in [1.807, 2.05) is 25.5 Å². The molecule has 2 rings (SSSR count). The average molecular weight is 284 g/mol. The zero-order valence-electron chi connectivity index (χ0n) is 10.4. The van der Waals surface area contributed by atoms with Crippen LogP contribution in [-0.2, 0) is 0 Å². The second kappa shape index (κ2) is 5.49. The lowest BCUT2D eigenvalue weighted by molar-refractivity contribution is 0.862. The molecule has 0 aromatic carbocycles. The molecule has 0 radical (unpaired) electrons. The minimum absolute atomic E-state index is 0.137. The SMILES string of the molecule is CC(Nc1nc(Cl)nc(N(C)C)n1)c1cccs1. The third-order valence-electron chi connectivity index (χ3n) is 2.31. The molecule has 0 bridgehead atoms. The molecular weight excluding hydrogens is 270 g/mol. The Balaban J connectivity index is 2.18. The summed E-state index contributed by atoms with van der Waals surface area (Å²) in [7, 11) is 3.72. The fraction of sp³-hybridized carbons (Fsp3) is 0.364. The van der Waals surface area contributed by atoms with E-state index in [0.29, 0.717) is 11.9 Å². The van der Waals surface area contributed by atoms with Crippen molar-refractivity contribution in [2.75, 3.05) is 24.3 Å². The van der Waals surface area contributed by atoms with Crippen molar-refractivity contribution in [2.24, 2.45) is 0 Å². The lowest BCUT2D eigenvalue weighted by Gasteiger charge is -2.15. The van der Waals surface area contributed by atoms with Gasteiger partial charge in [-0.3, -0.25) is 0 Å². The molecule has 0 fully saturated rings. The summed E-state index contributed by atoms with van der Waals surface area (Å²) in [6, 6.07) is 4.22. The third kappa shape index (κ3) is 3.08. The number of hydrogen-bond donors (Lipinski definition) is 1. The molecule has 5 nitrogen and oxygen atoms in total. The van der Waals surface area contributed by atoms with Crippen molar-refractivity contribution in [3.8, 4) is 0 Å². The summed E-state index contributed by atoms with van der Waals surface area (Å²) < 4.78 is 0. The largest absolute Gasteiger partial charge is 0.347 e. The monoisotopic (exact) mass is 283 g/mol. The fourth-order valence-corrected chi connectivity index (χ4v) is 2.30. The van der Waals surface area contributed by atoms with E-state index in [-0.39, 0.29) is 11.3 Å². The summed E-state index contributed by atoms with van der Waals surface area (Å²) in [6.07, 6.45) is 0. The van der Waals surface area contributed by atoms with E-state index in [1.54, 1.807) is 16.2 Å². The van der Waals surface area contributed by atoms with Gasteiger partial charge in [0.25, 0.3) is 0 Å². The Morgan fingerprint density at radius 3 is 2.72 bits per heavy atom. The van der Waals surface area contributed by atoms with E-state index in [0.717, 1.165) is 0 Å². The highest BCUT2D eigenvalue weighted by atomic mass is 35.5. The van der Waals surface area contributed by atoms with Gasteiger partial charge in [0.05, 0.1) is 6.04 Å². The molecule has 18 heavy (non-hydrogen) atoms. The Kier molecular flexibility index (Phi) is 3.98. The first kappa shape index (κ1) is 13.0. The smallest absolute Gasteiger partial charge is 0.230 e. The lowest BCUT2D eigenvalue weighted by Crippen LogP contribution is -2.16. The molecule has 7 heteroatoms. The van der Waals surface area contributed by atoms with Gasteiger partial charge in [-0.05, 0) is 30.0 Å². The minimum Gasteiger partial charge on any atom is -0.347 e. The standard InChI is InChI=1S/C11H14ClN5S/c1-7(8-5-4-6-18-8)13-10-14-9(12)15-11(16-10)17(2)3/h4-7H,1-3H3,(H,13,14,15,16). The number of anilines is 2. The molecule has 0 amide bonds. The predicted octanol–water partition coefficient (Wildman–Crippen LogP) is 2.83. The van der Waals surface area contributed by atoms with Gasteiger partial charge in [-0.1, -0.05) is 6.07 Å². The summed E-state index contributed by atoms with van der Waals surface area (Å²) in [6.45, 7) is 2.05. The van der Waals surface area contributed by atoms with E-state index in [4.69, 9.17) is 11.6 Å². The van der Waals surface area contributed by atoms with Crippen molar-refractivity contribution in [1.82, 2.24) is 15.0 Å². The molecule has 1 unspecified atom stereocenters. The Hall–Kier alpha value is -1.40. The predicted molar refractivity (Wildman–Crippen MR) is 75.5 cm³/mol. The van der Waals surface area contributed by atoms with Crippen LogP contribution < -0.4 is 10.2 Å². The summed E-state index contributed by atoms with van der Waals surface area (Å²) >= 11 is 7.56. The van der Waals surface area contributed by atoms with Crippen LogP contribution in [0.25, 0.3) is 0 Å². The molecular formula is C11H14ClN5S. The topological polar surface area (TPSA) is 53.9 Å². The Bertz CT molecular complexity index is 514. The molecule has 0 aliphatic heterocycles. The molecule has 0 aliphatic carbocycles. The highest BCUT2D eigenvalue weighted by Gasteiger charge is 2.11. The highest BCUT2D eigenvalue weighted by Crippen LogP contribution is 2.22. The van der Waals surface area contributed by atoms with Crippen LogP contribution in [-0.4, -0.2) is 29.0 Å². The van der Waals surface area contributed by atoms with Gasteiger partial charge >= 0.3 is 0 Å². The van der Waals surface area contributed by atoms with Gasteiger partial charge in [0, 0.05) is 19.0 Å². The lowest BCUT2D eigenvalue weighted by atomic mass is 10.3. The summed E-state index contributed by atoms with van der Waals surface area (Å²) in [5.41, 5.74) is 0. The van der Waals surface area contributed by atoms with Crippen LogP contribution >= 0.6 is 22.9 Å². The normalized spacial score (nSPS) is 12.2. The highest BCUT2D eigenvalue weighted by molar-refractivity contribution is 7.10. The molecule has 2 aromatic rings. The summed E-state index contributed by atoms with van der Waals surface area (Å²) in [4.78, 5) is 15.4. The van der Waals surface area contributed by atoms with Crippen molar-refractivity contribution in [1.29, 1.82) is 0 Å². The van der Waals surface area contributed by atoms with Crippen molar-refractivity contribution in [3.63, 3.8) is 0 Å². The minimum atomic E-state index is 0.137. The fourth-order valence-electron chi connectivity index (χ4n) is 1.41. The number of aromatic nitrogens is 3. The number of halogens is 1. The van der Waals surface area contributed by atoms with Crippen LogP contribution in [0, 0.1) is 0 Å². The van der Waals surface area contributed by atoms with Crippen molar-refractivity contribution >= 4 is 34.8 Å². The van der Waals surface area contributed by atoms with Gasteiger partial charge in [-0.15, -0.1) is 11.3 Å². The van der Waals surface area contributed by atoms with Crippen LogP contribution in [0.3, 0.4) is 0 Å². The maximum absolute atomic E-state index is 5.88. The van der Waals surface area contributed by atoms with E-state index >= 15 is 0 Å².